The molecule has 1 heterocycles. The van der Waals surface area contributed by atoms with Crippen molar-refractivity contribution in [1.29, 1.82) is 0 Å². The third-order valence-corrected chi connectivity index (χ3v) is 6.92. The Balaban J connectivity index is 1.33. The lowest BCUT2D eigenvalue weighted by Crippen LogP contribution is -2.39. The molecule has 0 spiro atoms. The van der Waals surface area contributed by atoms with Gasteiger partial charge in [0, 0.05) is 18.3 Å². The molecule has 0 bridgehead atoms. The van der Waals surface area contributed by atoms with Crippen LogP contribution < -0.4 is 10.1 Å². The van der Waals surface area contributed by atoms with Crippen molar-refractivity contribution in [3.63, 3.8) is 0 Å². The highest BCUT2D eigenvalue weighted by molar-refractivity contribution is 5.99. The zero-order valence-electron chi connectivity index (χ0n) is 18.1. The van der Waals surface area contributed by atoms with Gasteiger partial charge < -0.3 is 10.1 Å². The fourth-order valence-electron chi connectivity index (χ4n) is 5.04. The maximum Gasteiger partial charge on any atom is 0.235 e. The van der Waals surface area contributed by atoms with E-state index in [-0.39, 0.29) is 5.91 Å². The van der Waals surface area contributed by atoms with E-state index >= 15 is 0 Å². The fourth-order valence-corrected chi connectivity index (χ4v) is 5.04. The van der Waals surface area contributed by atoms with Crippen LogP contribution in [-0.4, -0.2) is 36.5 Å². The van der Waals surface area contributed by atoms with E-state index in [0.29, 0.717) is 12.6 Å². The molecule has 0 aromatic heterocycles. The van der Waals surface area contributed by atoms with E-state index in [4.69, 9.17) is 4.74 Å². The van der Waals surface area contributed by atoms with Gasteiger partial charge in [-0.3, -0.25) is 9.69 Å². The van der Waals surface area contributed by atoms with Gasteiger partial charge in [0.15, 0.2) is 0 Å². The summed E-state index contributed by atoms with van der Waals surface area (Å²) in [7, 11) is 0. The van der Waals surface area contributed by atoms with Crippen LogP contribution in [0.4, 0.5) is 5.69 Å². The summed E-state index contributed by atoms with van der Waals surface area (Å²) in [6.07, 6.45) is 7.97. The quantitative estimate of drug-likeness (QED) is 0.670. The highest BCUT2D eigenvalue weighted by Gasteiger charge is 2.42. The summed E-state index contributed by atoms with van der Waals surface area (Å²) in [6.45, 7) is 5.16. The number of carbonyl (C=O) groups is 1. The van der Waals surface area contributed by atoms with Crippen LogP contribution in [0.2, 0.25) is 0 Å². The minimum atomic E-state index is -0.401. The van der Waals surface area contributed by atoms with Gasteiger partial charge in [-0.15, -0.1) is 0 Å². The Morgan fingerprint density at radius 3 is 2.47 bits per heavy atom. The second-order valence-corrected chi connectivity index (χ2v) is 8.86. The predicted molar refractivity (Wildman–Crippen MR) is 122 cm³/mol. The van der Waals surface area contributed by atoms with Crippen LogP contribution in [0.5, 0.6) is 5.75 Å². The lowest BCUT2D eigenvalue weighted by molar-refractivity contribution is -0.121. The first kappa shape index (κ1) is 20.9. The standard InChI is InChI=1S/C26H34N2O2/c1-21-9-5-8-18-28(21)19-20-30-24-14-12-23(13-15-24)27-25(29)26(16-6-7-17-26)22-10-3-2-4-11-22/h2-4,10-15,21H,5-9,16-20H2,1H3,(H,27,29)/t21-/m0/s1. The van der Waals surface area contributed by atoms with Gasteiger partial charge in [0.05, 0.1) is 5.41 Å². The molecule has 4 nitrogen and oxygen atoms in total. The van der Waals surface area contributed by atoms with Gasteiger partial charge in [-0.2, -0.15) is 0 Å². The Hall–Kier alpha value is -2.33. The summed E-state index contributed by atoms with van der Waals surface area (Å²) in [6, 6.07) is 18.7. The third kappa shape index (κ3) is 4.70. The summed E-state index contributed by atoms with van der Waals surface area (Å²) in [4.78, 5) is 15.8. The number of amides is 1. The van der Waals surface area contributed by atoms with Gasteiger partial charge in [0.1, 0.15) is 12.4 Å². The molecule has 160 valence electrons. The molecule has 1 saturated heterocycles. The minimum absolute atomic E-state index is 0.110. The molecule has 1 aliphatic carbocycles. The van der Waals surface area contributed by atoms with E-state index < -0.39 is 5.41 Å². The Morgan fingerprint density at radius 1 is 1.03 bits per heavy atom. The SMILES string of the molecule is C[C@H]1CCCCN1CCOc1ccc(NC(=O)C2(c3ccccc3)CCCC2)cc1. The molecule has 0 radical (unpaired) electrons. The summed E-state index contributed by atoms with van der Waals surface area (Å²) in [5.41, 5.74) is 1.56. The number of nitrogens with one attached hydrogen (secondary N) is 1. The van der Waals surface area contributed by atoms with Crippen LogP contribution in [0, 0.1) is 0 Å². The van der Waals surface area contributed by atoms with Crippen molar-refractivity contribution >= 4 is 11.6 Å². The number of anilines is 1. The van der Waals surface area contributed by atoms with Crippen molar-refractivity contribution in [2.45, 2.75) is 63.3 Å². The van der Waals surface area contributed by atoms with Crippen molar-refractivity contribution < 1.29 is 9.53 Å². The molecular formula is C26H34N2O2. The number of hydrogen-bond acceptors (Lipinski definition) is 3. The second kappa shape index (κ2) is 9.65. The Bertz CT molecular complexity index is 813. The molecule has 2 aromatic rings. The van der Waals surface area contributed by atoms with Crippen LogP contribution in [0.15, 0.2) is 54.6 Å². The van der Waals surface area contributed by atoms with Crippen molar-refractivity contribution in [2.24, 2.45) is 0 Å². The third-order valence-electron chi connectivity index (χ3n) is 6.92. The van der Waals surface area contributed by atoms with Crippen LogP contribution >= 0.6 is 0 Å². The first-order chi connectivity index (χ1) is 14.7. The van der Waals surface area contributed by atoms with Gasteiger partial charge in [0.25, 0.3) is 0 Å². The lowest BCUT2D eigenvalue weighted by Gasteiger charge is -2.33. The average molecular weight is 407 g/mol. The van der Waals surface area contributed by atoms with Gasteiger partial charge in [0.2, 0.25) is 5.91 Å². The molecule has 1 saturated carbocycles. The van der Waals surface area contributed by atoms with Crippen molar-refractivity contribution in [3.05, 3.63) is 60.2 Å². The smallest absolute Gasteiger partial charge is 0.235 e. The monoisotopic (exact) mass is 406 g/mol. The molecule has 2 aromatic carbocycles. The van der Waals surface area contributed by atoms with E-state index in [1.54, 1.807) is 0 Å². The maximum atomic E-state index is 13.3. The Labute approximate surface area is 180 Å². The molecule has 1 amide bonds. The summed E-state index contributed by atoms with van der Waals surface area (Å²) < 4.78 is 5.95. The number of likely N-dealkylation sites (tertiary alicyclic amines) is 1. The van der Waals surface area contributed by atoms with Gasteiger partial charge in [-0.25, -0.2) is 0 Å². The maximum absolute atomic E-state index is 13.3. The summed E-state index contributed by atoms with van der Waals surface area (Å²) >= 11 is 0. The first-order valence-corrected chi connectivity index (χ1v) is 11.5. The largest absolute Gasteiger partial charge is 0.492 e. The average Bonchev–Trinajstić information content (AvgIpc) is 3.28. The van der Waals surface area contributed by atoms with Crippen molar-refractivity contribution in [2.75, 3.05) is 25.0 Å². The topological polar surface area (TPSA) is 41.6 Å². The van der Waals surface area contributed by atoms with Crippen LogP contribution in [0.3, 0.4) is 0 Å². The molecule has 30 heavy (non-hydrogen) atoms. The van der Waals surface area contributed by atoms with Crippen molar-refractivity contribution in [3.8, 4) is 5.75 Å². The van der Waals surface area contributed by atoms with E-state index in [1.807, 2.05) is 42.5 Å². The number of rotatable bonds is 7. The number of benzene rings is 2. The number of ether oxygens (including phenoxy) is 1. The van der Waals surface area contributed by atoms with Crippen LogP contribution in [0.25, 0.3) is 0 Å². The Kier molecular flexibility index (Phi) is 6.73. The molecule has 4 heteroatoms. The van der Waals surface area contributed by atoms with Crippen LogP contribution in [-0.2, 0) is 10.2 Å². The molecule has 0 unspecified atom stereocenters. The highest BCUT2D eigenvalue weighted by Crippen LogP contribution is 2.42. The molecule has 2 aliphatic rings. The molecule has 4 rings (SSSR count). The fraction of sp³-hybridized carbons (Fsp3) is 0.500. The second-order valence-electron chi connectivity index (χ2n) is 8.86. The van der Waals surface area contributed by atoms with E-state index in [9.17, 15) is 4.79 Å². The summed E-state index contributed by atoms with van der Waals surface area (Å²) in [5, 5.41) is 3.16. The van der Waals surface area contributed by atoms with Gasteiger partial charge >= 0.3 is 0 Å². The number of carbonyl (C=O) groups excluding carboxylic acids is 1. The molecule has 1 atom stereocenters. The first-order valence-electron chi connectivity index (χ1n) is 11.5. The molecular weight excluding hydrogens is 372 g/mol. The molecule has 1 aliphatic heterocycles. The van der Waals surface area contributed by atoms with Gasteiger partial charge in [-0.1, -0.05) is 49.6 Å². The zero-order valence-corrected chi connectivity index (χ0v) is 18.1. The van der Waals surface area contributed by atoms with E-state index in [2.05, 4.69) is 29.3 Å². The van der Waals surface area contributed by atoms with E-state index in [1.165, 1.54) is 25.8 Å². The van der Waals surface area contributed by atoms with Crippen LogP contribution in [0.1, 0.15) is 57.4 Å². The lowest BCUT2D eigenvalue weighted by atomic mass is 9.78. The zero-order chi connectivity index (χ0) is 20.8. The predicted octanol–water partition coefficient (Wildman–Crippen LogP) is 5.39. The minimum Gasteiger partial charge on any atom is -0.492 e. The molecule has 2 fully saturated rings. The highest BCUT2D eigenvalue weighted by atomic mass is 16.5. The summed E-state index contributed by atoms with van der Waals surface area (Å²) in [5.74, 6) is 0.968. The van der Waals surface area contributed by atoms with Crippen molar-refractivity contribution in [1.82, 2.24) is 4.90 Å². The molecule has 1 N–H and O–H groups in total. The normalized spacial score (nSPS) is 21.3. The number of piperidine rings is 1. The number of nitrogens with zero attached hydrogens (tertiary/aromatic N) is 1. The Morgan fingerprint density at radius 2 is 1.77 bits per heavy atom. The van der Waals surface area contributed by atoms with E-state index in [0.717, 1.165) is 49.2 Å². The van der Waals surface area contributed by atoms with Gasteiger partial charge in [-0.05, 0) is 69.0 Å². The number of hydrogen-bond donors (Lipinski definition) is 1.